The van der Waals surface area contributed by atoms with Crippen LogP contribution in [-0.2, 0) is 4.79 Å². The number of carbonyl (C=O) groups excluding carboxylic acids is 2. The lowest BCUT2D eigenvalue weighted by molar-refractivity contribution is -0.114. The van der Waals surface area contributed by atoms with Gasteiger partial charge in [0.25, 0.3) is 11.8 Å². The van der Waals surface area contributed by atoms with Crippen molar-refractivity contribution in [3.05, 3.63) is 33.0 Å². The zero-order chi connectivity index (χ0) is 14.1. The quantitative estimate of drug-likeness (QED) is 0.912. The first-order chi connectivity index (χ1) is 9.61. The summed E-state index contributed by atoms with van der Waals surface area (Å²) in [5.74, 6) is -0.428. The fraction of sp³-hybridized carbons (Fsp3) is 0.385. The summed E-state index contributed by atoms with van der Waals surface area (Å²) in [4.78, 5) is 23.9. The first-order valence-electron chi connectivity index (χ1n) is 6.33. The van der Waals surface area contributed by atoms with Gasteiger partial charge in [-0.2, -0.15) is 5.11 Å². The second-order valence-corrected chi connectivity index (χ2v) is 6.56. The highest BCUT2D eigenvalue weighted by Gasteiger charge is 2.29. The number of thiophene rings is 1. The summed E-state index contributed by atoms with van der Waals surface area (Å²) in [6.45, 7) is 0. The van der Waals surface area contributed by atoms with E-state index >= 15 is 0 Å². The molecule has 0 bridgehead atoms. The number of hydrogen-bond acceptors (Lipinski definition) is 4. The SMILES string of the molecule is O=C1C=C2CC(NC(=O)c3ccc(Cl)s3)CCC2N=N1. The van der Waals surface area contributed by atoms with Crippen LogP contribution >= 0.6 is 22.9 Å². The van der Waals surface area contributed by atoms with Crippen LogP contribution < -0.4 is 5.32 Å². The van der Waals surface area contributed by atoms with Crippen LogP contribution in [0.5, 0.6) is 0 Å². The van der Waals surface area contributed by atoms with E-state index < -0.39 is 0 Å². The Kier molecular flexibility index (Phi) is 3.67. The largest absolute Gasteiger partial charge is 0.348 e. The van der Waals surface area contributed by atoms with Crippen molar-refractivity contribution in [1.29, 1.82) is 0 Å². The average Bonchev–Trinajstić information content (AvgIpc) is 2.85. The summed E-state index contributed by atoms with van der Waals surface area (Å²) in [6.07, 6.45) is 3.83. The van der Waals surface area contributed by atoms with E-state index in [2.05, 4.69) is 15.5 Å². The predicted octanol–water partition coefficient (Wildman–Crippen LogP) is 2.97. The molecule has 0 radical (unpaired) electrons. The Morgan fingerprint density at radius 3 is 3.00 bits per heavy atom. The van der Waals surface area contributed by atoms with E-state index in [1.807, 2.05) is 0 Å². The fourth-order valence-corrected chi connectivity index (χ4v) is 3.43. The van der Waals surface area contributed by atoms with E-state index in [0.717, 1.165) is 18.4 Å². The lowest BCUT2D eigenvalue weighted by Gasteiger charge is -2.29. The van der Waals surface area contributed by atoms with Crippen molar-refractivity contribution in [1.82, 2.24) is 5.32 Å². The standard InChI is InChI=1S/C13H12ClN3O2S/c14-11-4-3-10(20-11)13(19)15-8-1-2-9-7(5-8)6-12(18)17-16-9/h3-4,6,8-9H,1-2,5H2,(H,15,19). The molecular weight excluding hydrogens is 298 g/mol. The molecule has 1 aromatic rings. The Hall–Kier alpha value is -1.53. The smallest absolute Gasteiger partial charge is 0.287 e. The molecule has 104 valence electrons. The number of hydrogen-bond donors (Lipinski definition) is 1. The molecular formula is C13H12ClN3O2S. The molecule has 1 N–H and O–H groups in total. The van der Waals surface area contributed by atoms with Crippen molar-refractivity contribution in [3.63, 3.8) is 0 Å². The van der Waals surface area contributed by atoms with Gasteiger partial charge in [-0.3, -0.25) is 9.59 Å². The van der Waals surface area contributed by atoms with Gasteiger partial charge in [-0.15, -0.1) is 16.5 Å². The molecule has 2 aliphatic rings. The normalized spacial score (nSPS) is 25.1. The van der Waals surface area contributed by atoms with Gasteiger partial charge in [0.15, 0.2) is 0 Å². The third-order valence-corrected chi connectivity index (χ3v) is 4.67. The van der Waals surface area contributed by atoms with Crippen molar-refractivity contribution >= 4 is 34.8 Å². The third-order valence-electron chi connectivity index (χ3n) is 3.44. The molecule has 2 amide bonds. The van der Waals surface area contributed by atoms with Gasteiger partial charge in [-0.1, -0.05) is 11.6 Å². The Bertz CT molecular complexity index is 623. The summed E-state index contributed by atoms with van der Waals surface area (Å²) in [5.41, 5.74) is 0.964. The number of nitrogens with zero attached hydrogens (tertiary/aromatic N) is 2. The molecule has 0 spiro atoms. The molecule has 0 saturated heterocycles. The molecule has 0 aromatic carbocycles. The van der Waals surface area contributed by atoms with Crippen LogP contribution in [0.25, 0.3) is 0 Å². The molecule has 3 rings (SSSR count). The fourth-order valence-electron chi connectivity index (χ4n) is 2.48. The van der Waals surface area contributed by atoms with Crippen LogP contribution in [0.3, 0.4) is 0 Å². The first kappa shape index (κ1) is 13.5. The van der Waals surface area contributed by atoms with Gasteiger partial charge in [-0.05, 0) is 37.0 Å². The summed E-state index contributed by atoms with van der Waals surface area (Å²) in [5, 5.41) is 10.5. The number of nitrogens with one attached hydrogen (secondary N) is 1. The van der Waals surface area contributed by atoms with E-state index in [0.29, 0.717) is 15.6 Å². The molecule has 2 heterocycles. The van der Waals surface area contributed by atoms with Crippen LogP contribution in [0.15, 0.2) is 34.0 Å². The van der Waals surface area contributed by atoms with Gasteiger partial charge in [0.1, 0.15) is 0 Å². The monoisotopic (exact) mass is 309 g/mol. The van der Waals surface area contributed by atoms with Gasteiger partial charge in [-0.25, -0.2) is 0 Å². The maximum absolute atomic E-state index is 12.1. The lowest BCUT2D eigenvalue weighted by Crippen LogP contribution is -2.39. The Morgan fingerprint density at radius 1 is 1.40 bits per heavy atom. The van der Waals surface area contributed by atoms with Crippen molar-refractivity contribution in [2.45, 2.75) is 31.3 Å². The van der Waals surface area contributed by atoms with E-state index in [-0.39, 0.29) is 23.9 Å². The van der Waals surface area contributed by atoms with Crippen LogP contribution in [0, 0.1) is 0 Å². The maximum atomic E-state index is 12.1. The van der Waals surface area contributed by atoms with Crippen LogP contribution in [0.2, 0.25) is 4.34 Å². The molecule has 2 atom stereocenters. The molecule has 1 saturated carbocycles. The summed E-state index contributed by atoms with van der Waals surface area (Å²) in [7, 11) is 0. The lowest BCUT2D eigenvalue weighted by atomic mass is 9.86. The Balaban J connectivity index is 1.65. The van der Waals surface area contributed by atoms with Gasteiger partial charge in [0.2, 0.25) is 0 Å². The van der Waals surface area contributed by atoms with E-state index in [1.54, 1.807) is 12.1 Å². The second-order valence-electron chi connectivity index (χ2n) is 4.84. The van der Waals surface area contributed by atoms with Crippen molar-refractivity contribution in [3.8, 4) is 0 Å². The van der Waals surface area contributed by atoms with Crippen LogP contribution in [0.4, 0.5) is 0 Å². The van der Waals surface area contributed by atoms with Gasteiger partial charge < -0.3 is 5.32 Å². The minimum Gasteiger partial charge on any atom is -0.348 e. The van der Waals surface area contributed by atoms with Crippen molar-refractivity contribution in [2.75, 3.05) is 0 Å². The molecule has 1 aliphatic carbocycles. The van der Waals surface area contributed by atoms with E-state index in [1.165, 1.54) is 17.4 Å². The highest BCUT2D eigenvalue weighted by molar-refractivity contribution is 7.17. The van der Waals surface area contributed by atoms with Gasteiger partial charge in [0.05, 0.1) is 15.3 Å². The summed E-state index contributed by atoms with van der Waals surface area (Å²) in [6, 6.07) is 3.47. The molecule has 1 aromatic heterocycles. The molecule has 2 unspecified atom stereocenters. The zero-order valence-corrected chi connectivity index (χ0v) is 12.1. The molecule has 20 heavy (non-hydrogen) atoms. The van der Waals surface area contributed by atoms with Crippen molar-refractivity contribution < 1.29 is 9.59 Å². The average molecular weight is 310 g/mol. The molecule has 7 heteroatoms. The van der Waals surface area contributed by atoms with Crippen LogP contribution in [-0.4, -0.2) is 23.9 Å². The number of azo groups is 1. The number of fused-ring (bicyclic) bond motifs is 1. The minimum absolute atomic E-state index is 0.0111. The number of carbonyl (C=O) groups is 2. The highest BCUT2D eigenvalue weighted by atomic mass is 35.5. The Labute approximate surface area is 124 Å². The molecule has 1 aliphatic heterocycles. The van der Waals surface area contributed by atoms with E-state index in [9.17, 15) is 9.59 Å². The topological polar surface area (TPSA) is 70.9 Å². The van der Waals surface area contributed by atoms with Gasteiger partial charge >= 0.3 is 0 Å². The second kappa shape index (κ2) is 5.46. The first-order valence-corrected chi connectivity index (χ1v) is 7.53. The number of amides is 2. The molecule has 1 fully saturated rings. The van der Waals surface area contributed by atoms with Gasteiger partial charge in [0, 0.05) is 12.1 Å². The highest BCUT2D eigenvalue weighted by Crippen LogP contribution is 2.29. The summed E-state index contributed by atoms with van der Waals surface area (Å²) >= 11 is 7.08. The zero-order valence-electron chi connectivity index (χ0n) is 10.5. The Morgan fingerprint density at radius 2 is 2.25 bits per heavy atom. The van der Waals surface area contributed by atoms with Crippen LogP contribution in [0.1, 0.15) is 28.9 Å². The number of rotatable bonds is 2. The predicted molar refractivity (Wildman–Crippen MR) is 76.2 cm³/mol. The maximum Gasteiger partial charge on any atom is 0.287 e. The number of halogens is 1. The van der Waals surface area contributed by atoms with E-state index in [4.69, 9.17) is 11.6 Å². The third kappa shape index (κ3) is 2.81. The molecule has 5 nitrogen and oxygen atoms in total. The van der Waals surface area contributed by atoms with Crippen molar-refractivity contribution in [2.24, 2.45) is 10.2 Å². The minimum atomic E-state index is -0.312. The summed E-state index contributed by atoms with van der Waals surface area (Å²) < 4.78 is 0.597.